The zero-order chi connectivity index (χ0) is 24.2. The maximum Gasteiger partial charge on any atom is 0.416 e. The molecule has 0 bridgehead atoms. The van der Waals surface area contributed by atoms with Gasteiger partial charge in [-0.2, -0.15) is 23.4 Å². The van der Waals surface area contributed by atoms with E-state index in [0.29, 0.717) is 5.39 Å². The van der Waals surface area contributed by atoms with Gasteiger partial charge in [-0.3, -0.25) is 9.40 Å². The fourth-order valence-electron chi connectivity index (χ4n) is 2.85. The molecule has 8 nitrogen and oxygen atoms in total. The van der Waals surface area contributed by atoms with Gasteiger partial charge in [-0.15, -0.1) is 0 Å². The molecule has 0 saturated carbocycles. The van der Waals surface area contributed by atoms with Gasteiger partial charge in [0.2, 0.25) is 0 Å². The maximum absolute atomic E-state index is 13.1. The number of hydrogen-bond donors (Lipinski definition) is 1. The minimum absolute atomic E-state index is 0.183. The molecular weight excluding hydrogens is 421 g/mol. The van der Waals surface area contributed by atoms with Crippen molar-refractivity contribution < 1.29 is 25.7 Å². The van der Waals surface area contributed by atoms with Crippen molar-refractivity contribution in [2.75, 3.05) is 4.72 Å². The van der Waals surface area contributed by atoms with Crippen LogP contribution in [0.5, 0.6) is 0 Å². The van der Waals surface area contributed by atoms with Crippen molar-refractivity contribution in [3.05, 3.63) is 60.2 Å². The highest BCUT2D eigenvalue weighted by Crippen LogP contribution is 2.31. The summed E-state index contributed by atoms with van der Waals surface area (Å²) < 4.78 is 92.8. The lowest BCUT2D eigenvalue weighted by Gasteiger charge is -2.11. The van der Waals surface area contributed by atoms with Gasteiger partial charge in [0.15, 0.2) is 5.82 Å². The Labute approximate surface area is 173 Å². The van der Waals surface area contributed by atoms with E-state index in [1.165, 1.54) is 30.1 Å². The molecule has 0 radical (unpaired) electrons. The fourth-order valence-corrected chi connectivity index (χ4v) is 3.87. The lowest BCUT2D eigenvalue weighted by atomic mass is 10.1. The Morgan fingerprint density at radius 3 is 2.70 bits per heavy atom. The highest BCUT2D eigenvalue weighted by molar-refractivity contribution is 7.92. The first-order valence-corrected chi connectivity index (χ1v) is 9.82. The molecule has 156 valence electrons. The zero-order valence-electron chi connectivity index (χ0n) is 18.2. The van der Waals surface area contributed by atoms with E-state index in [1.54, 1.807) is 0 Å². The molecule has 12 heteroatoms. The van der Waals surface area contributed by atoms with Crippen LogP contribution in [0.1, 0.15) is 15.2 Å². The summed E-state index contributed by atoms with van der Waals surface area (Å²) in [4.78, 5) is 3.39. The number of sulfonamides is 1. The molecule has 0 aliphatic rings. The summed E-state index contributed by atoms with van der Waals surface area (Å²) in [5, 5.41) is 8.34. The van der Waals surface area contributed by atoms with Crippen molar-refractivity contribution >= 4 is 26.6 Å². The lowest BCUT2D eigenvalue weighted by molar-refractivity contribution is -0.137. The summed E-state index contributed by atoms with van der Waals surface area (Å²) in [6.07, 6.45) is -0.341. The Morgan fingerprint density at radius 2 is 1.97 bits per heavy atom. The minimum Gasteiger partial charge on any atom is -0.277 e. The standard InChI is InChI=1S/C18H15F3N6O2S/c1-11-3-4-12-8-23-26(2)17(12)16(11)25-30(28,29)14-9-24-27(10-14)15-7-13(5-6-22-15)18(19,20)21/h3-10,25H,1-2H3/i1D3. The maximum atomic E-state index is 13.1. The second-order valence-corrected chi connectivity index (χ2v) is 8.00. The van der Waals surface area contributed by atoms with E-state index in [0.717, 1.165) is 35.4 Å². The number of nitrogens with one attached hydrogen (secondary N) is 1. The van der Waals surface area contributed by atoms with Crippen molar-refractivity contribution in [2.24, 2.45) is 7.05 Å². The monoisotopic (exact) mass is 439 g/mol. The summed E-state index contributed by atoms with van der Waals surface area (Å²) in [6, 6.07) is 4.29. The average molecular weight is 439 g/mol. The molecule has 0 aliphatic carbocycles. The van der Waals surface area contributed by atoms with Gasteiger partial charge in [-0.25, -0.2) is 18.1 Å². The molecule has 0 amide bonds. The Morgan fingerprint density at radius 1 is 1.17 bits per heavy atom. The number of aryl methyl sites for hydroxylation is 2. The Kier molecular flexibility index (Phi) is 3.73. The number of hydrogen-bond acceptors (Lipinski definition) is 5. The van der Waals surface area contributed by atoms with E-state index >= 15 is 0 Å². The van der Waals surface area contributed by atoms with Gasteiger partial charge in [0.25, 0.3) is 10.0 Å². The number of pyridine rings is 1. The smallest absolute Gasteiger partial charge is 0.277 e. The Hall–Kier alpha value is -3.41. The number of halogens is 3. The molecule has 30 heavy (non-hydrogen) atoms. The molecule has 0 saturated heterocycles. The van der Waals surface area contributed by atoms with Gasteiger partial charge < -0.3 is 0 Å². The van der Waals surface area contributed by atoms with Crippen molar-refractivity contribution in [1.29, 1.82) is 0 Å². The summed E-state index contributed by atoms with van der Waals surface area (Å²) >= 11 is 0. The predicted molar refractivity (Wildman–Crippen MR) is 103 cm³/mol. The van der Waals surface area contributed by atoms with Crippen molar-refractivity contribution in [3.8, 4) is 5.82 Å². The van der Waals surface area contributed by atoms with Gasteiger partial charge in [0, 0.05) is 22.7 Å². The van der Waals surface area contributed by atoms with Crippen LogP contribution in [-0.4, -0.2) is 33.0 Å². The van der Waals surface area contributed by atoms with E-state index in [-0.39, 0.29) is 22.6 Å². The second kappa shape index (κ2) is 6.83. The normalized spacial score (nSPS) is 14.3. The molecule has 0 unspecified atom stereocenters. The molecule has 1 aromatic carbocycles. The molecule has 1 N–H and O–H groups in total. The van der Waals surface area contributed by atoms with Gasteiger partial charge in [0.05, 0.1) is 35.4 Å². The second-order valence-electron chi connectivity index (χ2n) is 6.32. The third-order valence-corrected chi connectivity index (χ3v) is 5.62. The van der Waals surface area contributed by atoms with Crippen molar-refractivity contribution in [3.63, 3.8) is 0 Å². The highest BCUT2D eigenvalue weighted by atomic mass is 32.2. The predicted octanol–water partition coefficient (Wildman–Crippen LogP) is 3.28. The molecule has 0 atom stereocenters. The van der Waals surface area contributed by atoms with E-state index < -0.39 is 33.5 Å². The van der Waals surface area contributed by atoms with Crippen molar-refractivity contribution in [1.82, 2.24) is 24.5 Å². The zero-order valence-corrected chi connectivity index (χ0v) is 16.0. The molecule has 4 aromatic rings. The van der Waals surface area contributed by atoms with Crippen LogP contribution >= 0.6 is 0 Å². The Bertz CT molecular complexity index is 1460. The van der Waals surface area contributed by atoms with E-state index in [2.05, 4.69) is 19.9 Å². The minimum atomic E-state index is -4.62. The summed E-state index contributed by atoms with van der Waals surface area (Å²) in [5.41, 5.74) is -1.15. The van der Waals surface area contributed by atoms with Gasteiger partial charge in [-0.05, 0) is 24.5 Å². The first-order valence-electron chi connectivity index (χ1n) is 9.84. The SMILES string of the molecule is [2H]C([2H])([2H])c1ccc2cnn(C)c2c1NS(=O)(=O)c1cnn(-c2cc(C(F)(F)F)ccn2)c1. The van der Waals surface area contributed by atoms with E-state index in [1.807, 2.05) is 0 Å². The summed E-state index contributed by atoms with van der Waals surface area (Å²) in [5.74, 6) is -0.247. The van der Waals surface area contributed by atoms with Gasteiger partial charge >= 0.3 is 6.18 Å². The number of alkyl halides is 3. The van der Waals surface area contributed by atoms with Crippen LogP contribution < -0.4 is 4.72 Å². The van der Waals surface area contributed by atoms with Gasteiger partial charge in [0.1, 0.15) is 4.90 Å². The summed E-state index contributed by atoms with van der Waals surface area (Å²) in [6.45, 7) is -2.64. The molecule has 0 fully saturated rings. The van der Waals surface area contributed by atoms with Crippen LogP contribution in [0.4, 0.5) is 18.9 Å². The fraction of sp³-hybridized carbons (Fsp3) is 0.167. The molecule has 4 rings (SSSR count). The van der Waals surface area contributed by atoms with Crippen LogP contribution in [0.2, 0.25) is 0 Å². The third-order valence-electron chi connectivity index (χ3n) is 4.32. The average Bonchev–Trinajstić information content (AvgIpc) is 3.35. The van der Waals surface area contributed by atoms with Crippen LogP contribution in [0.3, 0.4) is 0 Å². The molecule has 0 aliphatic heterocycles. The van der Waals surface area contributed by atoms with E-state index in [4.69, 9.17) is 4.11 Å². The van der Waals surface area contributed by atoms with Crippen LogP contribution in [0.15, 0.2) is 53.9 Å². The Balaban J connectivity index is 1.76. The number of benzene rings is 1. The molecular formula is C18H15F3N6O2S. The largest absolute Gasteiger partial charge is 0.416 e. The number of rotatable bonds is 4. The molecule has 3 aromatic heterocycles. The third kappa shape index (κ3) is 3.49. The number of fused-ring (bicyclic) bond motifs is 1. The van der Waals surface area contributed by atoms with Crippen LogP contribution in [0.25, 0.3) is 16.7 Å². The van der Waals surface area contributed by atoms with E-state index in [9.17, 15) is 21.6 Å². The quantitative estimate of drug-likeness (QED) is 0.527. The lowest BCUT2D eigenvalue weighted by Crippen LogP contribution is -2.14. The number of aromatic nitrogens is 5. The first kappa shape index (κ1) is 16.4. The highest BCUT2D eigenvalue weighted by Gasteiger charge is 2.31. The summed E-state index contributed by atoms with van der Waals surface area (Å²) in [7, 11) is -2.85. The van der Waals surface area contributed by atoms with Crippen LogP contribution in [0, 0.1) is 6.85 Å². The first-order chi connectivity index (χ1) is 15.3. The van der Waals surface area contributed by atoms with Crippen molar-refractivity contribution in [2.45, 2.75) is 17.9 Å². The number of nitrogens with zero attached hydrogens (tertiary/aromatic N) is 5. The van der Waals surface area contributed by atoms with Gasteiger partial charge in [-0.1, -0.05) is 12.1 Å². The topological polar surface area (TPSA) is 94.7 Å². The molecule has 0 spiro atoms. The number of anilines is 1. The van der Waals surface area contributed by atoms with Crippen LogP contribution in [-0.2, 0) is 23.2 Å². The molecule has 3 heterocycles.